The largest absolute Gasteiger partial charge is 0.351 e. The van der Waals surface area contributed by atoms with Crippen LogP contribution in [0.4, 0.5) is 4.39 Å². The van der Waals surface area contributed by atoms with E-state index in [0.29, 0.717) is 37.9 Å². The van der Waals surface area contributed by atoms with Gasteiger partial charge in [0.15, 0.2) is 5.69 Å². The normalized spacial score (nSPS) is 19.4. The van der Waals surface area contributed by atoms with Crippen molar-refractivity contribution < 1.29 is 14.0 Å². The van der Waals surface area contributed by atoms with Crippen LogP contribution in [0.15, 0.2) is 30.3 Å². The fourth-order valence-electron chi connectivity index (χ4n) is 4.42. The topological polar surface area (TPSA) is 70.5 Å². The summed E-state index contributed by atoms with van der Waals surface area (Å²) in [6.45, 7) is 6.28. The van der Waals surface area contributed by atoms with Crippen molar-refractivity contribution in [3.8, 4) is 0 Å². The minimum Gasteiger partial charge on any atom is -0.351 e. The van der Waals surface area contributed by atoms with E-state index in [9.17, 15) is 14.0 Å². The van der Waals surface area contributed by atoms with Gasteiger partial charge in [-0.1, -0.05) is 18.6 Å². The molecule has 0 aliphatic carbocycles. The lowest BCUT2D eigenvalue weighted by Gasteiger charge is -2.33. The summed E-state index contributed by atoms with van der Waals surface area (Å²) in [5.41, 5.74) is 1.40. The maximum atomic E-state index is 13.4. The summed E-state index contributed by atoms with van der Waals surface area (Å²) in [6.07, 6.45) is 4.69. The number of hydrogen-bond acceptors (Lipinski definition) is 4. The first-order valence-electron chi connectivity index (χ1n) is 11.1. The Labute approximate surface area is 182 Å². The molecule has 1 N–H and O–H groups in total. The Balaban J connectivity index is 1.30. The molecule has 31 heavy (non-hydrogen) atoms. The highest BCUT2D eigenvalue weighted by Crippen LogP contribution is 2.18. The van der Waals surface area contributed by atoms with Gasteiger partial charge in [0.2, 0.25) is 0 Å². The molecule has 0 spiro atoms. The van der Waals surface area contributed by atoms with Crippen LogP contribution < -0.4 is 5.32 Å². The Bertz CT molecular complexity index is 944. The van der Waals surface area contributed by atoms with E-state index in [1.54, 1.807) is 27.8 Å². The predicted octanol–water partition coefficient (Wildman–Crippen LogP) is 2.67. The lowest BCUT2D eigenvalue weighted by Crippen LogP contribution is -2.39. The Hall–Kier alpha value is -2.74. The van der Waals surface area contributed by atoms with Gasteiger partial charge in [0.1, 0.15) is 11.5 Å². The van der Waals surface area contributed by atoms with Crippen LogP contribution in [0, 0.1) is 5.82 Å². The SMILES string of the molecule is C[C@@H]1CCCCN1CCCNC(=O)c1cc2n(n1)CCN(Cc1cccc(F)c1)C2=O. The number of aromatic nitrogens is 2. The zero-order chi connectivity index (χ0) is 21.8. The molecule has 2 aliphatic heterocycles. The van der Waals surface area contributed by atoms with Crippen molar-refractivity contribution in [3.05, 3.63) is 53.1 Å². The quantitative estimate of drug-likeness (QED) is 0.690. The zero-order valence-electron chi connectivity index (χ0n) is 18.0. The molecule has 7 nitrogen and oxygen atoms in total. The van der Waals surface area contributed by atoms with Gasteiger partial charge in [-0.05, 0) is 50.4 Å². The highest BCUT2D eigenvalue weighted by molar-refractivity contribution is 5.98. The van der Waals surface area contributed by atoms with Crippen molar-refractivity contribution in [1.82, 2.24) is 24.9 Å². The van der Waals surface area contributed by atoms with E-state index >= 15 is 0 Å². The summed E-state index contributed by atoms with van der Waals surface area (Å²) in [5.74, 6) is -0.764. The van der Waals surface area contributed by atoms with Crippen molar-refractivity contribution >= 4 is 11.8 Å². The summed E-state index contributed by atoms with van der Waals surface area (Å²) >= 11 is 0. The molecule has 8 heteroatoms. The van der Waals surface area contributed by atoms with Crippen LogP contribution >= 0.6 is 0 Å². The molecule has 0 radical (unpaired) electrons. The van der Waals surface area contributed by atoms with Gasteiger partial charge >= 0.3 is 0 Å². The van der Waals surface area contributed by atoms with Crippen LogP contribution in [0.5, 0.6) is 0 Å². The molecule has 0 bridgehead atoms. The molecule has 2 amide bonds. The molecule has 166 valence electrons. The van der Waals surface area contributed by atoms with Crippen LogP contribution in [-0.2, 0) is 13.1 Å². The van der Waals surface area contributed by atoms with Gasteiger partial charge in [-0.15, -0.1) is 0 Å². The average Bonchev–Trinajstić information content (AvgIpc) is 3.20. The first-order valence-corrected chi connectivity index (χ1v) is 11.1. The summed E-state index contributed by atoms with van der Waals surface area (Å²) in [7, 11) is 0. The van der Waals surface area contributed by atoms with Crippen LogP contribution in [0.25, 0.3) is 0 Å². The van der Waals surface area contributed by atoms with E-state index in [-0.39, 0.29) is 23.3 Å². The lowest BCUT2D eigenvalue weighted by molar-refractivity contribution is 0.0682. The second-order valence-electron chi connectivity index (χ2n) is 8.48. The number of amides is 2. The van der Waals surface area contributed by atoms with Crippen LogP contribution in [0.1, 0.15) is 59.1 Å². The number of nitrogens with one attached hydrogen (secondary N) is 1. The van der Waals surface area contributed by atoms with Crippen molar-refractivity contribution in [2.75, 3.05) is 26.2 Å². The van der Waals surface area contributed by atoms with Gasteiger partial charge in [0, 0.05) is 38.3 Å². The average molecular weight is 428 g/mol. The molecule has 0 saturated carbocycles. The standard InChI is InChI=1S/C23H30FN5O2/c1-17-6-2-3-10-27(17)11-5-9-25-22(30)20-15-21-23(31)28(12-13-29(21)26-20)16-18-7-4-8-19(24)14-18/h4,7-8,14-15,17H,2-3,5-6,9-13,16H2,1H3,(H,25,30)/t17-/m1/s1. The number of carbonyl (C=O) groups is 2. The number of fused-ring (bicyclic) bond motifs is 1. The van der Waals surface area contributed by atoms with E-state index < -0.39 is 0 Å². The van der Waals surface area contributed by atoms with Gasteiger partial charge in [-0.3, -0.25) is 14.3 Å². The van der Waals surface area contributed by atoms with Crippen molar-refractivity contribution in [2.45, 2.75) is 51.7 Å². The number of hydrogen-bond donors (Lipinski definition) is 1. The Morgan fingerprint density at radius 3 is 2.90 bits per heavy atom. The van der Waals surface area contributed by atoms with E-state index in [4.69, 9.17) is 0 Å². The number of benzene rings is 1. The van der Waals surface area contributed by atoms with Gasteiger partial charge in [-0.25, -0.2) is 4.39 Å². The van der Waals surface area contributed by atoms with Crippen LogP contribution in [-0.4, -0.2) is 63.6 Å². The number of halogens is 1. The summed E-state index contributed by atoms with van der Waals surface area (Å²) in [4.78, 5) is 29.5. The highest BCUT2D eigenvalue weighted by Gasteiger charge is 2.28. The molecule has 4 rings (SSSR count). The third-order valence-electron chi connectivity index (χ3n) is 6.21. The highest BCUT2D eigenvalue weighted by atomic mass is 19.1. The molecule has 1 aromatic carbocycles. The molecule has 3 heterocycles. The van der Waals surface area contributed by atoms with Crippen LogP contribution in [0.2, 0.25) is 0 Å². The molecular formula is C23H30FN5O2. The number of carbonyl (C=O) groups excluding carboxylic acids is 2. The third-order valence-corrected chi connectivity index (χ3v) is 6.21. The lowest BCUT2D eigenvalue weighted by atomic mass is 10.0. The predicted molar refractivity (Wildman–Crippen MR) is 115 cm³/mol. The van der Waals surface area contributed by atoms with E-state index in [1.807, 2.05) is 0 Å². The Kier molecular flexibility index (Phi) is 6.65. The molecular weight excluding hydrogens is 397 g/mol. The zero-order valence-corrected chi connectivity index (χ0v) is 18.0. The summed E-state index contributed by atoms with van der Waals surface area (Å²) < 4.78 is 15.0. The minimum absolute atomic E-state index is 0.193. The molecule has 2 aromatic rings. The number of piperidine rings is 1. The molecule has 0 unspecified atom stereocenters. The van der Waals surface area contributed by atoms with Crippen molar-refractivity contribution in [2.24, 2.45) is 0 Å². The van der Waals surface area contributed by atoms with Gasteiger partial charge in [0.25, 0.3) is 11.8 Å². The van der Waals surface area contributed by atoms with Crippen molar-refractivity contribution in [1.29, 1.82) is 0 Å². The van der Waals surface area contributed by atoms with E-state index in [2.05, 4.69) is 22.2 Å². The van der Waals surface area contributed by atoms with E-state index in [0.717, 1.165) is 25.1 Å². The molecule has 1 fully saturated rings. The second kappa shape index (κ2) is 9.60. The maximum absolute atomic E-state index is 13.4. The second-order valence-corrected chi connectivity index (χ2v) is 8.48. The molecule has 1 saturated heterocycles. The minimum atomic E-state index is -0.319. The number of likely N-dealkylation sites (tertiary alicyclic amines) is 1. The fraction of sp³-hybridized carbons (Fsp3) is 0.522. The molecule has 1 aromatic heterocycles. The number of rotatable bonds is 7. The first-order chi connectivity index (χ1) is 15.0. The molecule has 2 aliphatic rings. The maximum Gasteiger partial charge on any atom is 0.272 e. The monoisotopic (exact) mass is 427 g/mol. The summed E-state index contributed by atoms with van der Waals surface area (Å²) in [5, 5.41) is 7.25. The number of nitrogens with zero attached hydrogens (tertiary/aromatic N) is 4. The Morgan fingerprint density at radius 2 is 2.10 bits per heavy atom. The molecule has 1 atom stereocenters. The first kappa shape index (κ1) is 21.5. The van der Waals surface area contributed by atoms with Crippen LogP contribution in [0.3, 0.4) is 0 Å². The third kappa shape index (κ3) is 5.12. The smallest absolute Gasteiger partial charge is 0.272 e. The summed E-state index contributed by atoms with van der Waals surface area (Å²) in [6, 6.07) is 8.42. The Morgan fingerprint density at radius 1 is 1.23 bits per heavy atom. The van der Waals surface area contributed by atoms with Gasteiger partial charge < -0.3 is 15.1 Å². The van der Waals surface area contributed by atoms with Gasteiger partial charge in [0.05, 0.1) is 6.54 Å². The van der Waals surface area contributed by atoms with E-state index in [1.165, 1.54) is 31.4 Å². The van der Waals surface area contributed by atoms with Gasteiger partial charge in [-0.2, -0.15) is 5.10 Å². The fourth-order valence-corrected chi connectivity index (χ4v) is 4.42. The van der Waals surface area contributed by atoms with Crippen molar-refractivity contribution in [3.63, 3.8) is 0 Å².